The maximum absolute atomic E-state index is 6.33. The van der Waals surface area contributed by atoms with Crippen LogP contribution in [0.4, 0.5) is 0 Å². The van der Waals surface area contributed by atoms with Crippen LogP contribution in [-0.2, 0) is 15.3 Å². The molecule has 0 radical (unpaired) electrons. The summed E-state index contributed by atoms with van der Waals surface area (Å²) >= 11 is 3.17. The van der Waals surface area contributed by atoms with Gasteiger partial charge < -0.3 is 0 Å². The number of rotatable bonds is 9. The van der Waals surface area contributed by atoms with Crippen LogP contribution >= 0.6 is 0 Å². The molecule has 2 nitrogen and oxygen atoms in total. The van der Waals surface area contributed by atoms with E-state index in [1.165, 1.54) is 34.9 Å². The van der Waals surface area contributed by atoms with Crippen molar-refractivity contribution in [3.8, 4) is 5.75 Å². The summed E-state index contributed by atoms with van der Waals surface area (Å²) in [4.78, 5) is 0. The molecule has 0 saturated heterocycles. The van der Waals surface area contributed by atoms with E-state index in [1.807, 2.05) is 0 Å². The van der Waals surface area contributed by atoms with E-state index < -0.39 is 8.32 Å². The molecule has 1 aliphatic rings. The third kappa shape index (κ3) is 6.39. The average molecular weight is 563 g/mol. The molecule has 1 aromatic carbocycles. The van der Waals surface area contributed by atoms with E-state index in [9.17, 15) is 0 Å². The minimum absolute atomic E-state index is 0.234. The molecule has 0 N–H and O–H groups in total. The predicted octanol–water partition coefficient (Wildman–Crippen LogP) is 5.75. The van der Waals surface area contributed by atoms with Crippen molar-refractivity contribution < 1.29 is 9.16 Å². The molecule has 172 valence electrons. The van der Waals surface area contributed by atoms with Gasteiger partial charge in [-0.15, -0.1) is 0 Å². The topological polar surface area (TPSA) is 18.5 Å². The Morgan fingerprint density at radius 2 is 1.47 bits per heavy atom. The molecule has 0 heterocycles. The van der Waals surface area contributed by atoms with Crippen LogP contribution in [0.25, 0.3) is 0 Å². The first-order valence-electron chi connectivity index (χ1n) is 11.5. The van der Waals surface area contributed by atoms with E-state index in [-0.39, 0.29) is 10.8 Å². The van der Waals surface area contributed by atoms with Crippen LogP contribution in [0.3, 0.4) is 0 Å². The summed E-state index contributed by atoms with van der Waals surface area (Å²) < 4.78 is 14.0. The third-order valence-corrected chi connectivity index (χ3v) is 15.1. The second kappa shape index (κ2) is 10.0. The zero-order valence-electron chi connectivity index (χ0n) is 20.8. The van der Waals surface area contributed by atoms with E-state index in [4.69, 9.17) is 9.16 Å². The number of ether oxygens (including phenoxy) is 1. The molecule has 0 spiro atoms. The molecule has 0 unspecified atom stereocenters. The quantitative estimate of drug-likeness (QED) is 0.282. The van der Waals surface area contributed by atoms with E-state index in [2.05, 4.69) is 87.9 Å². The van der Waals surface area contributed by atoms with E-state index in [0.29, 0.717) is 18.2 Å². The Morgan fingerprint density at radius 1 is 0.933 bits per heavy atom. The zero-order chi connectivity index (χ0) is 22.8. The number of fused-ring (bicyclic) bond motifs is 1. The zero-order valence-corrected chi connectivity index (χ0v) is 25.4. The first kappa shape index (κ1) is 26.5. The van der Waals surface area contributed by atoms with Gasteiger partial charge in [0.2, 0.25) is 0 Å². The van der Waals surface area contributed by atoms with Crippen LogP contribution in [0.5, 0.6) is 5.75 Å². The van der Waals surface area contributed by atoms with Crippen LogP contribution in [0.15, 0.2) is 12.1 Å². The van der Waals surface area contributed by atoms with Gasteiger partial charge in [0.15, 0.2) is 0 Å². The van der Waals surface area contributed by atoms with Crippen LogP contribution in [0.1, 0.15) is 91.7 Å². The summed E-state index contributed by atoms with van der Waals surface area (Å²) in [5.41, 5.74) is 3.53. The molecule has 0 aromatic heterocycles. The van der Waals surface area contributed by atoms with E-state index >= 15 is 0 Å². The molecule has 2 rings (SSSR count). The molecule has 0 saturated carbocycles. The Morgan fingerprint density at radius 3 is 2.00 bits per heavy atom. The van der Waals surface area contributed by atoms with Gasteiger partial charge in [-0.2, -0.15) is 0 Å². The Kier molecular flexibility index (Phi) is 8.85. The van der Waals surface area contributed by atoms with Crippen LogP contribution in [0, 0.1) is 0 Å². The van der Waals surface area contributed by atoms with Crippen molar-refractivity contribution in [1.29, 1.82) is 0 Å². The number of hydrogen-bond acceptors (Lipinski definition) is 2. The molecule has 1 aliphatic carbocycles. The van der Waals surface area contributed by atoms with Gasteiger partial charge in [0.05, 0.1) is 0 Å². The fraction of sp³-hybridized carbons (Fsp3) is 0.760. The fourth-order valence-corrected chi connectivity index (χ4v) is 7.30. The summed E-state index contributed by atoms with van der Waals surface area (Å²) in [7, 11) is -1.61. The molecule has 5 heteroatoms. The van der Waals surface area contributed by atoms with Crippen molar-refractivity contribution in [3.63, 3.8) is 0 Å². The van der Waals surface area contributed by atoms with Crippen molar-refractivity contribution in [2.75, 3.05) is 13.2 Å². The SMILES string of the molecule is CC1(C)CCC(C)(C)c2cc([Se][SeH])c(OCCCCCO[Si](C)(C)C(C)(C)C)cc21. The fourth-order valence-electron chi connectivity index (χ4n) is 3.87. The maximum atomic E-state index is 6.33. The summed E-state index contributed by atoms with van der Waals surface area (Å²) in [5.74, 6) is 1.12. The minimum atomic E-state index is -1.61. The van der Waals surface area contributed by atoms with Gasteiger partial charge in [-0.3, -0.25) is 0 Å². The molecule has 1 aromatic rings. The third-order valence-electron chi connectivity index (χ3n) is 7.33. The Balaban J connectivity index is 1.92. The predicted molar refractivity (Wildman–Crippen MR) is 137 cm³/mol. The number of benzene rings is 1. The Bertz CT molecular complexity index is 721. The van der Waals surface area contributed by atoms with Crippen LogP contribution in [-0.4, -0.2) is 48.8 Å². The van der Waals surface area contributed by atoms with Gasteiger partial charge in [-0.1, -0.05) is 0 Å². The normalized spacial score (nSPS) is 18.2. The number of hydrogen-bond donors (Lipinski definition) is 0. The standard InChI is InChI=1S/C25H44O2Se2Si/c1-23(2,3)30(8,9)27-16-12-10-11-15-26-21-17-19-20(18-22(21)29-28)25(6,7)14-13-24(19,4)5/h17-18,28H,10-16H2,1-9H3. The van der Waals surface area contributed by atoms with Crippen LogP contribution in [0.2, 0.25) is 18.1 Å². The van der Waals surface area contributed by atoms with Crippen molar-refractivity contribution in [1.82, 2.24) is 0 Å². The Labute approximate surface area is 200 Å². The second-order valence-electron chi connectivity index (χ2n) is 11.7. The van der Waals surface area contributed by atoms with Gasteiger partial charge in [0, 0.05) is 0 Å². The molecule has 0 aliphatic heterocycles. The average Bonchev–Trinajstić information content (AvgIpc) is 2.63. The van der Waals surface area contributed by atoms with Gasteiger partial charge in [-0.05, 0) is 0 Å². The summed E-state index contributed by atoms with van der Waals surface area (Å²) in [5, 5.41) is 0.293. The Hall–Kier alpha value is 0.236. The second-order valence-corrected chi connectivity index (χ2v) is 19.8. The van der Waals surface area contributed by atoms with Gasteiger partial charge >= 0.3 is 201 Å². The van der Waals surface area contributed by atoms with Crippen LogP contribution < -0.4 is 9.20 Å². The monoisotopic (exact) mass is 564 g/mol. The molecule has 0 atom stereocenters. The summed E-state index contributed by atoms with van der Waals surface area (Å²) in [6.07, 6.45) is 5.89. The molecular formula is C25H44O2Se2Si. The van der Waals surface area contributed by atoms with Gasteiger partial charge in [-0.25, -0.2) is 0 Å². The first-order chi connectivity index (χ1) is 13.7. The molecule has 0 amide bonds. The first-order valence-corrected chi connectivity index (χ1v) is 20.0. The molecule has 0 fully saturated rings. The van der Waals surface area contributed by atoms with E-state index in [0.717, 1.165) is 31.8 Å². The number of unbranched alkanes of at least 4 members (excludes halogenated alkanes) is 2. The molecule has 0 bridgehead atoms. The van der Waals surface area contributed by atoms with Crippen molar-refractivity contribution >= 4 is 40.1 Å². The summed E-state index contributed by atoms with van der Waals surface area (Å²) in [6.45, 7) is 22.9. The van der Waals surface area contributed by atoms with Gasteiger partial charge in [0.25, 0.3) is 0 Å². The summed E-state index contributed by atoms with van der Waals surface area (Å²) in [6, 6.07) is 4.83. The van der Waals surface area contributed by atoms with Crippen molar-refractivity contribution in [2.24, 2.45) is 0 Å². The molecule has 30 heavy (non-hydrogen) atoms. The molecular weight excluding hydrogens is 518 g/mol. The van der Waals surface area contributed by atoms with Gasteiger partial charge in [0.1, 0.15) is 0 Å². The van der Waals surface area contributed by atoms with Crippen molar-refractivity contribution in [3.05, 3.63) is 23.3 Å². The van der Waals surface area contributed by atoms with E-state index in [1.54, 1.807) is 0 Å². The van der Waals surface area contributed by atoms with Crippen molar-refractivity contribution in [2.45, 2.75) is 110 Å².